The third kappa shape index (κ3) is 2.39. The van der Waals surface area contributed by atoms with E-state index in [2.05, 4.69) is 50.9 Å². The summed E-state index contributed by atoms with van der Waals surface area (Å²) >= 11 is 7.29. The molecule has 0 saturated carbocycles. The smallest absolute Gasteiger partial charge is 0.127 e. The van der Waals surface area contributed by atoms with E-state index in [9.17, 15) is 0 Å². The lowest BCUT2D eigenvalue weighted by Crippen LogP contribution is -1.95. The van der Waals surface area contributed by atoms with Gasteiger partial charge in [0.25, 0.3) is 0 Å². The Bertz CT molecular complexity index is 363. The molecule has 1 aliphatic rings. The Morgan fingerprint density at radius 3 is 3.00 bits per heavy atom. The fourth-order valence-corrected chi connectivity index (χ4v) is 3.26. The zero-order chi connectivity index (χ0) is 10.8. The van der Waals surface area contributed by atoms with E-state index in [-0.39, 0.29) is 0 Å². The van der Waals surface area contributed by atoms with Crippen LogP contribution >= 0.6 is 31.9 Å². The van der Waals surface area contributed by atoms with Crippen LogP contribution < -0.4 is 4.74 Å². The average Bonchev–Trinajstić information content (AvgIpc) is 2.64. The molecule has 1 atom stereocenters. The van der Waals surface area contributed by atoms with E-state index in [0.29, 0.717) is 4.83 Å². The molecule has 0 bridgehead atoms. The minimum Gasteiger partial charge on any atom is -0.493 e. The molecule has 2 rings (SSSR count). The number of alkyl halides is 1. The molecule has 1 nitrogen and oxygen atoms in total. The molecule has 0 spiro atoms. The van der Waals surface area contributed by atoms with Crippen LogP contribution in [0.1, 0.15) is 35.7 Å². The second-order valence-corrected chi connectivity index (χ2v) is 5.86. The summed E-state index contributed by atoms with van der Waals surface area (Å²) in [4.78, 5) is 0.409. The lowest BCUT2D eigenvalue weighted by Gasteiger charge is -2.13. The SMILES string of the molecule is CCCC(Br)c1cc(Br)cc2c1OCC2. The number of benzene rings is 1. The first-order chi connectivity index (χ1) is 7.22. The molecule has 0 amide bonds. The Hall–Kier alpha value is -0.0200. The molecule has 15 heavy (non-hydrogen) atoms. The number of rotatable bonds is 3. The summed E-state index contributed by atoms with van der Waals surface area (Å²) in [5, 5.41) is 0. The number of halogens is 2. The van der Waals surface area contributed by atoms with E-state index in [1.807, 2.05) is 0 Å². The largest absolute Gasteiger partial charge is 0.493 e. The Labute approximate surface area is 107 Å². The molecule has 0 aromatic heterocycles. The third-order valence-electron chi connectivity index (χ3n) is 2.66. The molecule has 1 heterocycles. The zero-order valence-corrected chi connectivity index (χ0v) is 11.9. The summed E-state index contributed by atoms with van der Waals surface area (Å²) in [6.07, 6.45) is 3.36. The summed E-state index contributed by atoms with van der Waals surface area (Å²) in [7, 11) is 0. The first-order valence-electron chi connectivity index (χ1n) is 5.31. The van der Waals surface area contributed by atoms with Crippen molar-refractivity contribution in [3.63, 3.8) is 0 Å². The lowest BCUT2D eigenvalue weighted by molar-refractivity contribution is 0.353. The average molecular weight is 334 g/mol. The van der Waals surface area contributed by atoms with Crippen molar-refractivity contribution in [2.45, 2.75) is 31.0 Å². The van der Waals surface area contributed by atoms with Gasteiger partial charge in [0.1, 0.15) is 5.75 Å². The van der Waals surface area contributed by atoms with Gasteiger partial charge in [-0.25, -0.2) is 0 Å². The molecule has 1 aromatic rings. The molecule has 0 aliphatic carbocycles. The van der Waals surface area contributed by atoms with E-state index >= 15 is 0 Å². The fraction of sp³-hybridized carbons (Fsp3) is 0.500. The topological polar surface area (TPSA) is 9.23 Å². The van der Waals surface area contributed by atoms with Gasteiger partial charge in [0, 0.05) is 21.3 Å². The standard InChI is InChI=1S/C12H14Br2O/c1-2-3-11(14)10-7-9(13)6-8-4-5-15-12(8)10/h6-7,11H,2-5H2,1H3. The number of ether oxygens (including phenoxy) is 1. The molecule has 1 aromatic carbocycles. The molecular formula is C12H14Br2O. The van der Waals surface area contributed by atoms with E-state index < -0.39 is 0 Å². The van der Waals surface area contributed by atoms with Gasteiger partial charge >= 0.3 is 0 Å². The monoisotopic (exact) mass is 332 g/mol. The van der Waals surface area contributed by atoms with Crippen LogP contribution in [0.3, 0.4) is 0 Å². The van der Waals surface area contributed by atoms with Crippen LogP contribution in [0.15, 0.2) is 16.6 Å². The van der Waals surface area contributed by atoms with Crippen LogP contribution in [0.2, 0.25) is 0 Å². The molecular weight excluding hydrogens is 320 g/mol. The van der Waals surface area contributed by atoms with Crippen LogP contribution in [0.5, 0.6) is 5.75 Å². The summed E-state index contributed by atoms with van der Waals surface area (Å²) in [6.45, 7) is 3.03. The van der Waals surface area contributed by atoms with Crippen molar-refractivity contribution < 1.29 is 4.74 Å². The summed E-state index contributed by atoms with van der Waals surface area (Å²) in [5.41, 5.74) is 2.62. The predicted molar refractivity (Wildman–Crippen MR) is 69.9 cm³/mol. The van der Waals surface area contributed by atoms with Gasteiger partial charge in [-0.2, -0.15) is 0 Å². The molecule has 0 saturated heterocycles. The van der Waals surface area contributed by atoms with Crippen molar-refractivity contribution in [2.24, 2.45) is 0 Å². The van der Waals surface area contributed by atoms with Crippen molar-refractivity contribution in [1.82, 2.24) is 0 Å². The molecule has 82 valence electrons. The molecule has 0 fully saturated rings. The summed E-state index contributed by atoms with van der Waals surface area (Å²) in [5.74, 6) is 1.11. The first-order valence-corrected chi connectivity index (χ1v) is 7.02. The zero-order valence-electron chi connectivity index (χ0n) is 8.72. The maximum atomic E-state index is 5.70. The van der Waals surface area contributed by atoms with Gasteiger partial charge in [-0.15, -0.1) is 0 Å². The maximum Gasteiger partial charge on any atom is 0.127 e. The van der Waals surface area contributed by atoms with Gasteiger partial charge in [-0.3, -0.25) is 0 Å². The Morgan fingerprint density at radius 2 is 2.27 bits per heavy atom. The van der Waals surface area contributed by atoms with Crippen LogP contribution in [0.4, 0.5) is 0 Å². The Kier molecular flexibility index (Phi) is 3.73. The second kappa shape index (κ2) is 4.88. The van der Waals surface area contributed by atoms with Gasteiger partial charge in [-0.05, 0) is 24.1 Å². The highest BCUT2D eigenvalue weighted by atomic mass is 79.9. The third-order valence-corrected chi connectivity index (χ3v) is 4.07. The number of hydrogen-bond acceptors (Lipinski definition) is 1. The number of hydrogen-bond donors (Lipinski definition) is 0. The van der Waals surface area contributed by atoms with Crippen LogP contribution in [0.25, 0.3) is 0 Å². The highest BCUT2D eigenvalue weighted by Crippen LogP contribution is 2.41. The molecule has 0 radical (unpaired) electrons. The van der Waals surface area contributed by atoms with E-state index in [1.165, 1.54) is 17.5 Å². The van der Waals surface area contributed by atoms with Gasteiger partial charge in [0.2, 0.25) is 0 Å². The lowest BCUT2D eigenvalue weighted by atomic mass is 10.0. The van der Waals surface area contributed by atoms with Crippen molar-refractivity contribution in [3.8, 4) is 5.75 Å². The van der Waals surface area contributed by atoms with E-state index in [0.717, 1.165) is 29.7 Å². The summed E-state index contributed by atoms with van der Waals surface area (Å²) in [6, 6.07) is 4.33. The van der Waals surface area contributed by atoms with Gasteiger partial charge < -0.3 is 4.74 Å². The number of fused-ring (bicyclic) bond motifs is 1. The second-order valence-electron chi connectivity index (χ2n) is 3.84. The van der Waals surface area contributed by atoms with E-state index in [4.69, 9.17) is 4.74 Å². The van der Waals surface area contributed by atoms with Crippen molar-refractivity contribution in [1.29, 1.82) is 0 Å². The predicted octanol–water partition coefficient (Wildman–Crippen LogP) is 4.62. The van der Waals surface area contributed by atoms with Gasteiger partial charge in [-0.1, -0.05) is 45.2 Å². The van der Waals surface area contributed by atoms with Crippen LogP contribution in [0, 0.1) is 0 Å². The van der Waals surface area contributed by atoms with Crippen molar-refractivity contribution >= 4 is 31.9 Å². The normalized spacial score (nSPS) is 15.9. The highest BCUT2D eigenvalue weighted by molar-refractivity contribution is 9.10. The molecule has 1 aliphatic heterocycles. The maximum absolute atomic E-state index is 5.70. The first kappa shape index (κ1) is 11.5. The highest BCUT2D eigenvalue weighted by Gasteiger charge is 2.21. The van der Waals surface area contributed by atoms with Crippen LogP contribution in [-0.4, -0.2) is 6.61 Å². The molecule has 1 unspecified atom stereocenters. The Balaban J connectivity index is 2.37. The summed E-state index contributed by atoms with van der Waals surface area (Å²) < 4.78 is 6.86. The van der Waals surface area contributed by atoms with Crippen molar-refractivity contribution in [3.05, 3.63) is 27.7 Å². The molecule has 3 heteroatoms. The van der Waals surface area contributed by atoms with Crippen molar-refractivity contribution in [2.75, 3.05) is 6.61 Å². The van der Waals surface area contributed by atoms with Gasteiger partial charge in [0.05, 0.1) is 6.61 Å². The fourth-order valence-electron chi connectivity index (χ4n) is 1.94. The molecule has 0 N–H and O–H groups in total. The van der Waals surface area contributed by atoms with Crippen LogP contribution in [-0.2, 0) is 6.42 Å². The quantitative estimate of drug-likeness (QED) is 0.733. The van der Waals surface area contributed by atoms with Gasteiger partial charge in [0.15, 0.2) is 0 Å². The van der Waals surface area contributed by atoms with E-state index in [1.54, 1.807) is 0 Å². The Morgan fingerprint density at radius 1 is 1.47 bits per heavy atom. The minimum absolute atomic E-state index is 0.409. The minimum atomic E-state index is 0.409.